The van der Waals surface area contributed by atoms with E-state index < -0.39 is 0 Å². The zero-order valence-electron chi connectivity index (χ0n) is 16.7. The molecule has 0 spiro atoms. The number of fused-ring (bicyclic) bond motifs is 1. The molecule has 0 aliphatic carbocycles. The molecule has 3 aromatic rings. The molecular formula is C23H27N3O2. The normalized spacial score (nSPS) is 11.0. The van der Waals surface area contributed by atoms with Crippen LogP contribution in [0.5, 0.6) is 0 Å². The average Bonchev–Trinajstić information content (AvgIpc) is 2.96. The summed E-state index contributed by atoms with van der Waals surface area (Å²) in [5.41, 5.74) is 3.85. The van der Waals surface area contributed by atoms with Gasteiger partial charge in [0.15, 0.2) is 0 Å². The third-order valence-electron chi connectivity index (χ3n) is 4.62. The summed E-state index contributed by atoms with van der Waals surface area (Å²) in [6.45, 7) is 4.46. The minimum atomic E-state index is -0.0226. The predicted molar refractivity (Wildman–Crippen MR) is 113 cm³/mol. The number of nitrogens with one attached hydrogen (secondary N) is 2. The molecule has 2 N–H and O–H groups in total. The Morgan fingerprint density at radius 2 is 1.82 bits per heavy atom. The number of carbonyl (C=O) groups excluding carboxylic acids is 2. The smallest absolute Gasteiger partial charge is 0.224 e. The maximum absolute atomic E-state index is 12.4. The van der Waals surface area contributed by atoms with Gasteiger partial charge in [-0.2, -0.15) is 0 Å². The lowest BCUT2D eigenvalue weighted by Crippen LogP contribution is -2.24. The van der Waals surface area contributed by atoms with E-state index in [1.54, 1.807) is 0 Å². The van der Waals surface area contributed by atoms with Gasteiger partial charge in [-0.15, -0.1) is 0 Å². The number of carbonyl (C=O) groups is 2. The number of benzene rings is 2. The van der Waals surface area contributed by atoms with E-state index in [4.69, 9.17) is 0 Å². The number of hydrogen-bond donors (Lipinski definition) is 2. The van der Waals surface area contributed by atoms with Gasteiger partial charge in [0.05, 0.1) is 6.42 Å². The molecule has 0 aliphatic heterocycles. The van der Waals surface area contributed by atoms with Gasteiger partial charge in [0, 0.05) is 42.8 Å². The molecule has 1 heterocycles. The molecule has 3 rings (SSSR count). The van der Waals surface area contributed by atoms with E-state index in [2.05, 4.69) is 16.7 Å². The van der Waals surface area contributed by atoms with Crippen LogP contribution in [0.1, 0.15) is 31.4 Å². The van der Waals surface area contributed by atoms with E-state index >= 15 is 0 Å². The Morgan fingerprint density at radius 3 is 2.61 bits per heavy atom. The van der Waals surface area contributed by atoms with Crippen LogP contribution in [0.15, 0.2) is 54.7 Å². The Hall–Kier alpha value is -3.08. The van der Waals surface area contributed by atoms with Crippen LogP contribution in [0, 0.1) is 5.92 Å². The zero-order valence-corrected chi connectivity index (χ0v) is 16.7. The highest BCUT2D eigenvalue weighted by atomic mass is 16.2. The lowest BCUT2D eigenvalue weighted by atomic mass is 10.1. The third kappa shape index (κ3) is 5.00. The fourth-order valence-corrected chi connectivity index (χ4v) is 3.34. The second kappa shape index (κ2) is 8.74. The minimum Gasteiger partial charge on any atom is -0.352 e. The summed E-state index contributed by atoms with van der Waals surface area (Å²) in [7, 11) is 1.99. The van der Waals surface area contributed by atoms with Crippen LogP contribution < -0.4 is 10.6 Å². The Balaban J connectivity index is 1.58. The van der Waals surface area contributed by atoms with Crippen molar-refractivity contribution in [3.05, 3.63) is 65.9 Å². The number of anilines is 1. The van der Waals surface area contributed by atoms with E-state index in [0.29, 0.717) is 25.3 Å². The molecule has 1 aromatic heterocycles. The van der Waals surface area contributed by atoms with Crippen LogP contribution >= 0.6 is 0 Å². The molecule has 146 valence electrons. The summed E-state index contributed by atoms with van der Waals surface area (Å²) in [5, 5.41) is 6.99. The Morgan fingerprint density at radius 1 is 1.04 bits per heavy atom. The maximum Gasteiger partial charge on any atom is 0.224 e. The Kier molecular flexibility index (Phi) is 6.14. The van der Waals surface area contributed by atoms with Crippen molar-refractivity contribution in [1.82, 2.24) is 9.88 Å². The van der Waals surface area contributed by atoms with Crippen molar-refractivity contribution in [2.24, 2.45) is 13.0 Å². The monoisotopic (exact) mass is 377 g/mol. The molecule has 28 heavy (non-hydrogen) atoms. The van der Waals surface area contributed by atoms with Gasteiger partial charge in [-0.1, -0.05) is 44.2 Å². The first-order valence-corrected chi connectivity index (χ1v) is 9.61. The second-order valence-electron chi connectivity index (χ2n) is 7.58. The SMILES string of the molecule is CC(C)CC(=O)Nc1cccc(CNC(=O)Cc2cn(C)c3ccccc23)c1. The second-order valence-corrected chi connectivity index (χ2v) is 7.58. The first-order valence-electron chi connectivity index (χ1n) is 9.61. The maximum atomic E-state index is 12.4. The van der Waals surface area contributed by atoms with Gasteiger partial charge in [-0.25, -0.2) is 0 Å². The van der Waals surface area contributed by atoms with Crippen molar-refractivity contribution >= 4 is 28.4 Å². The molecule has 0 atom stereocenters. The summed E-state index contributed by atoms with van der Waals surface area (Å²) in [6, 6.07) is 15.7. The number of para-hydroxylation sites is 1. The van der Waals surface area contributed by atoms with Gasteiger partial charge in [0.1, 0.15) is 0 Å². The van der Waals surface area contributed by atoms with Crippen LogP contribution in [0.2, 0.25) is 0 Å². The standard InChI is InChI=1S/C23H27N3O2/c1-16(2)11-23(28)25-19-8-6-7-17(12-19)14-24-22(27)13-18-15-26(3)21-10-5-4-9-20(18)21/h4-10,12,15-16H,11,13-14H2,1-3H3,(H,24,27)(H,25,28). The molecule has 0 fully saturated rings. The molecule has 0 saturated carbocycles. The minimum absolute atomic E-state index is 0.00661. The summed E-state index contributed by atoms with van der Waals surface area (Å²) in [5.74, 6) is 0.300. The van der Waals surface area contributed by atoms with Gasteiger partial charge < -0.3 is 15.2 Å². The molecule has 0 saturated heterocycles. The highest BCUT2D eigenvalue weighted by Crippen LogP contribution is 2.20. The highest BCUT2D eigenvalue weighted by Gasteiger charge is 2.11. The molecule has 5 heteroatoms. The Bertz CT molecular complexity index is 988. The summed E-state index contributed by atoms with van der Waals surface area (Å²) in [4.78, 5) is 24.4. The summed E-state index contributed by atoms with van der Waals surface area (Å²) in [6.07, 6.45) is 2.84. The molecule has 5 nitrogen and oxygen atoms in total. The fraction of sp³-hybridized carbons (Fsp3) is 0.304. The molecular weight excluding hydrogens is 350 g/mol. The van der Waals surface area contributed by atoms with E-state index in [9.17, 15) is 9.59 Å². The van der Waals surface area contributed by atoms with Gasteiger partial charge >= 0.3 is 0 Å². The Labute approximate surface area is 165 Å². The molecule has 0 bridgehead atoms. The van der Waals surface area contributed by atoms with Gasteiger partial charge in [0.25, 0.3) is 0 Å². The van der Waals surface area contributed by atoms with E-state index in [-0.39, 0.29) is 11.8 Å². The van der Waals surface area contributed by atoms with Crippen molar-refractivity contribution in [2.45, 2.75) is 33.2 Å². The summed E-state index contributed by atoms with van der Waals surface area (Å²) >= 11 is 0. The molecule has 0 aliphatic rings. The quantitative estimate of drug-likeness (QED) is 0.653. The number of nitrogens with zero attached hydrogens (tertiary/aromatic N) is 1. The van der Waals surface area contributed by atoms with Crippen LogP contribution in [0.3, 0.4) is 0 Å². The van der Waals surface area contributed by atoms with Gasteiger partial charge in [-0.05, 0) is 35.2 Å². The zero-order chi connectivity index (χ0) is 20.1. The fourth-order valence-electron chi connectivity index (χ4n) is 3.34. The van der Waals surface area contributed by atoms with Gasteiger partial charge in [0.2, 0.25) is 11.8 Å². The molecule has 0 radical (unpaired) electrons. The van der Waals surface area contributed by atoms with Crippen molar-refractivity contribution < 1.29 is 9.59 Å². The van der Waals surface area contributed by atoms with Crippen molar-refractivity contribution in [2.75, 3.05) is 5.32 Å². The largest absolute Gasteiger partial charge is 0.352 e. The first kappa shape index (κ1) is 19.7. The number of hydrogen-bond acceptors (Lipinski definition) is 2. The van der Waals surface area contributed by atoms with Crippen LogP contribution in [0.4, 0.5) is 5.69 Å². The summed E-state index contributed by atoms with van der Waals surface area (Å²) < 4.78 is 2.04. The number of amides is 2. The van der Waals surface area contributed by atoms with Crippen LogP contribution in [0.25, 0.3) is 10.9 Å². The van der Waals surface area contributed by atoms with Crippen LogP contribution in [-0.2, 0) is 29.6 Å². The van der Waals surface area contributed by atoms with E-state index in [1.165, 1.54) is 0 Å². The van der Waals surface area contributed by atoms with Crippen molar-refractivity contribution in [1.29, 1.82) is 0 Å². The predicted octanol–water partition coefficient (Wildman–Crippen LogP) is 4.02. The van der Waals surface area contributed by atoms with Crippen molar-refractivity contribution in [3.8, 4) is 0 Å². The van der Waals surface area contributed by atoms with Gasteiger partial charge in [-0.3, -0.25) is 9.59 Å². The van der Waals surface area contributed by atoms with Crippen molar-refractivity contribution in [3.63, 3.8) is 0 Å². The first-order chi connectivity index (χ1) is 13.4. The topological polar surface area (TPSA) is 63.1 Å². The van der Waals surface area contributed by atoms with E-state index in [0.717, 1.165) is 27.7 Å². The third-order valence-corrected chi connectivity index (χ3v) is 4.62. The average molecular weight is 377 g/mol. The lowest BCUT2D eigenvalue weighted by Gasteiger charge is -2.10. The number of aromatic nitrogens is 1. The highest BCUT2D eigenvalue weighted by molar-refractivity contribution is 5.91. The molecule has 0 unspecified atom stereocenters. The molecule has 2 aromatic carbocycles. The van der Waals surface area contributed by atoms with Crippen LogP contribution in [-0.4, -0.2) is 16.4 Å². The number of rotatable bonds is 7. The number of aryl methyl sites for hydroxylation is 1. The molecule has 2 amide bonds. The lowest BCUT2D eigenvalue weighted by molar-refractivity contribution is -0.120. The van der Waals surface area contributed by atoms with E-state index in [1.807, 2.05) is 74.1 Å².